The highest BCUT2D eigenvalue weighted by Crippen LogP contribution is 2.41. The Kier molecular flexibility index (Phi) is 1.84. The van der Waals surface area contributed by atoms with Crippen molar-refractivity contribution in [2.75, 3.05) is 0 Å². The molecule has 0 fully saturated rings. The van der Waals surface area contributed by atoms with Crippen molar-refractivity contribution in [2.45, 2.75) is 5.92 Å². The molecule has 0 saturated carbocycles. The van der Waals surface area contributed by atoms with Crippen molar-refractivity contribution in [1.29, 1.82) is 0 Å². The third-order valence-corrected chi connectivity index (χ3v) is 3.09. The van der Waals surface area contributed by atoms with Crippen LogP contribution in [0.5, 0.6) is 0 Å². The van der Waals surface area contributed by atoms with Crippen molar-refractivity contribution in [1.82, 2.24) is 0 Å². The fraction of sp³-hybridized carbons (Fsp3) is 0.143. The van der Waals surface area contributed by atoms with Gasteiger partial charge in [-0.3, -0.25) is 0 Å². The minimum Gasteiger partial charge on any atom is -0.207 e. The molecule has 0 saturated heterocycles. The summed E-state index contributed by atoms with van der Waals surface area (Å²) in [6.45, 7) is 0. The summed E-state index contributed by atoms with van der Waals surface area (Å²) in [7, 11) is 0. The molecule has 0 nitrogen and oxygen atoms in total. The van der Waals surface area contributed by atoms with E-state index in [1.165, 1.54) is 0 Å². The number of fused-ring (bicyclic) bond motifs is 3. The van der Waals surface area contributed by atoms with Gasteiger partial charge in [0, 0.05) is 17.4 Å². The molecule has 0 bridgehead atoms. The van der Waals surface area contributed by atoms with Crippen LogP contribution in [0.3, 0.4) is 0 Å². The molecule has 0 aromatic heterocycles. The van der Waals surface area contributed by atoms with E-state index in [1.807, 2.05) is 36.4 Å². The van der Waals surface area contributed by atoms with Crippen molar-refractivity contribution in [3.8, 4) is 0 Å². The lowest BCUT2D eigenvalue weighted by Crippen LogP contribution is -2.14. The van der Waals surface area contributed by atoms with Crippen LogP contribution >= 0.6 is 0 Å². The minimum atomic E-state index is -0.0909. The van der Waals surface area contributed by atoms with E-state index in [0.29, 0.717) is 5.92 Å². The van der Waals surface area contributed by atoms with Gasteiger partial charge in [-0.25, -0.2) is 4.39 Å². The van der Waals surface area contributed by atoms with Gasteiger partial charge in [-0.2, -0.15) is 0 Å². The lowest BCUT2D eigenvalue weighted by molar-refractivity contribution is 0.649. The summed E-state index contributed by atoms with van der Waals surface area (Å²) in [4.78, 5) is 0. The lowest BCUT2D eigenvalue weighted by Gasteiger charge is -2.28. The summed E-state index contributed by atoms with van der Waals surface area (Å²) in [5.41, 5.74) is 1.85. The van der Waals surface area contributed by atoms with E-state index in [-0.39, 0.29) is 11.7 Å². The molecule has 3 rings (SSSR count). The standard InChI is InChI=1S/C14H11F/c15-14-9-10-5-1-2-6-11(10)12-7-3-4-8-13(12)14/h1-11H. The maximum Gasteiger partial charge on any atom is 0.127 e. The van der Waals surface area contributed by atoms with E-state index in [2.05, 4.69) is 12.2 Å². The fourth-order valence-corrected chi connectivity index (χ4v) is 2.36. The van der Waals surface area contributed by atoms with Crippen LogP contribution in [-0.2, 0) is 0 Å². The zero-order valence-corrected chi connectivity index (χ0v) is 8.23. The third-order valence-electron chi connectivity index (χ3n) is 3.09. The van der Waals surface area contributed by atoms with Crippen LogP contribution in [0, 0.1) is 5.92 Å². The van der Waals surface area contributed by atoms with E-state index >= 15 is 0 Å². The number of hydrogen-bond acceptors (Lipinski definition) is 0. The second kappa shape index (κ2) is 3.20. The Labute approximate surface area is 88.4 Å². The van der Waals surface area contributed by atoms with E-state index in [1.54, 1.807) is 6.08 Å². The maximum absolute atomic E-state index is 13.8. The Morgan fingerprint density at radius 3 is 2.73 bits per heavy atom. The highest BCUT2D eigenvalue weighted by atomic mass is 19.1. The lowest BCUT2D eigenvalue weighted by atomic mass is 9.77. The van der Waals surface area contributed by atoms with E-state index in [0.717, 1.165) is 11.1 Å². The molecule has 0 N–H and O–H groups in total. The van der Waals surface area contributed by atoms with Crippen molar-refractivity contribution < 1.29 is 4.39 Å². The first-order chi connectivity index (χ1) is 7.36. The van der Waals surface area contributed by atoms with Crippen molar-refractivity contribution in [2.24, 2.45) is 5.92 Å². The molecule has 1 heteroatoms. The first-order valence-corrected chi connectivity index (χ1v) is 5.18. The molecule has 74 valence electrons. The molecule has 2 atom stereocenters. The molecular weight excluding hydrogens is 187 g/mol. The van der Waals surface area contributed by atoms with Crippen LogP contribution in [0.2, 0.25) is 0 Å². The number of halogens is 1. The summed E-state index contributed by atoms with van der Waals surface area (Å²) >= 11 is 0. The van der Waals surface area contributed by atoms with Crippen LogP contribution in [0.25, 0.3) is 5.83 Å². The summed E-state index contributed by atoms with van der Waals surface area (Å²) in [6.07, 6.45) is 9.94. The molecule has 1 aromatic rings. The first-order valence-electron chi connectivity index (χ1n) is 5.18. The van der Waals surface area contributed by atoms with Crippen molar-refractivity contribution in [3.05, 3.63) is 65.8 Å². The normalized spacial score (nSPS) is 26.9. The predicted octanol–water partition coefficient (Wildman–Crippen LogP) is 3.84. The van der Waals surface area contributed by atoms with Gasteiger partial charge in [0.05, 0.1) is 0 Å². The quantitative estimate of drug-likeness (QED) is 0.594. The highest BCUT2D eigenvalue weighted by Gasteiger charge is 2.27. The number of benzene rings is 1. The Morgan fingerprint density at radius 2 is 1.80 bits per heavy atom. The van der Waals surface area contributed by atoms with Gasteiger partial charge in [-0.15, -0.1) is 0 Å². The average molecular weight is 198 g/mol. The maximum atomic E-state index is 13.8. The zero-order chi connectivity index (χ0) is 10.3. The third kappa shape index (κ3) is 1.27. The molecule has 1 aromatic carbocycles. The Morgan fingerprint density at radius 1 is 1.00 bits per heavy atom. The van der Waals surface area contributed by atoms with Gasteiger partial charge in [0.25, 0.3) is 0 Å². The second-order valence-electron chi connectivity index (χ2n) is 3.97. The summed E-state index contributed by atoms with van der Waals surface area (Å²) in [5.74, 6) is 0.405. The smallest absolute Gasteiger partial charge is 0.127 e. The SMILES string of the molecule is FC1=CC2C=CC=CC2c2ccccc21. The highest BCUT2D eigenvalue weighted by molar-refractivity contribution is 5.67. The minimum absolute atomic E-state index is 0.0909. The average Bonchev–Trinajstić information content (AvgIpc) is 2.30. The summed E-state index contributed by atoms with van der Waals surface area (Å²) in [5, 5.41) is 0. The van der Waals surface area contributed by atoms with Gasteiger partial charge < -0.3 is 0 Å². The van der Waals surface area contributed by atoms with Gasteiger partial charge in [0.1, 0.15) is 5.83 Å². The first kappa shape index (κ1) is 8.66. The largest absolute Gasteiger partial charge is 0.207 e. The topological polar surface area (TPSA) is 0 Å². The van der Waals surface area contributed by atoms with Crippen LogP contribution in [0.4, 0.5) is 4.39 Å². The molecule has 2 aliphatic rings. The van der Waals surface area contributed by atoms with Gasteiger partial charge in [0.15, 0.2) is 0 Å². The number of hydrogen-bond donors (Lipinski definition) is 0. The zero-order valence-electron chi connectivity index (χ0n) is 8.23. The summed E-state index contributed by atoms with van der Waals surface area (Å²) < 4.78 is 13.8. The number of allylic oxidation sites excluding steroid dienone is 5. The summed E-state index contributed by atoms with van der Waals surface area (Å²) in [6, 6.07) is 7.72. The molecule has 0 amide bonds. The van der Waals surface area contributed by atoms with E-state index < -0.39 is 0 Å². The van der Waals surface area contributed by atoms with Gasteiger partial charge in [-0.05, 0) is 11.6 Å². The van der Waals surface area contributed by atoms with Gasteiger partial charge in [0.2, 0.25) is 0 Å². The van der Waals surface area contributed by atoms with Crippen LogP contribution < -0.4 is 0 Å². The molecule has 0 spiro atoms. The Balaban J connectivity index is 2.20. The molecular formula is C14H11F. The molecule has 2 aliphatic carbocycles. The van der Waals surface area contributed by atoms with Gasteiger partial charge in [-0.1, -0.05) is 48.6 Å². The second-order valence-corrected chi connectivity index (χ2v) is 3.97. The van der Waals surface area contributed by atoms with Crippen molar-refractivity contribution >= 4 is 5.83 Å². The molecule has 15 heavy (non-hydrogen) atoms. The monoisotopic (exact) mass is 198 g/mol. The molecule has 2 unspecified atom stereocenters. The van der Waals surface area contributed by atoms with Crippen molar-refractivity contribution in [3.63, 3.8) is 0 Å². The Bertz CT molecular complexity index is 480. The van der Waals surface area contributed by atoms with Gasteiger partial charge >= 0.3 is 0 Å². The van der Waals surface area contributed by atoms with Crippen LogP contribution in [0.1, 0.15) is 17.0 Å². The van der Waals surface area contributed by atoms with Crippen LogP contribution in [-0.4, -0.2) is 0 Å². The van der Waals surface area contributed by atoms with E-state index in [9.17, 15) is 4.39 Å². The molecule has 0 aliphatic heterocycles. The molecule has 0 heterocycles. The fourth-order valence-electron chi connectivity index (χ4n) is 2.36. The number of rotatable bonds is 0. The Hall–Kier alpha value is -1.63. The van der Waals surface area contributed by atoms with Crippen LogP contribution in [0.15, 0.2) is 54.6 Å². The predicted molar refractivity (Wildman–Crippen MR) is 60.0 cm³/mol. The molecule has 0 radical (unpaired) electrons. The van der Waals surface area contributed by atoms with E-state index in [4.69, 9.17) is 0 Å².